The maximum Gasteiger partial charge on any atom is 0.255 e. The van der Waals surface area contributed by atoms with Gasteiger partial charge in [0.15, 0.2) is 0 Å². The first-order valence-electron chi connectivity index (χ1n) is 7.57. The number of hydrogen-bond acceptors (Lipinski definition) is 4. The summed E-state index contributed by atoms with van der Waals surface area (Å²) in [4.78, 5) is 26.7. The maximum absolute atomic E-state index is 12.7. The zero-order valence-corrected chi connectivity index (χ0v) is 13.6. The molecular weight excluding hydrogens is 294 g/mol. The Morgan fingerprint density at radius 2 is 2.09 bits per heavy atom. The molecular formula is C17H21N3O3. The van der Waals surface area contributed by atoms with E-state index >= 15 is 0 Å². The number of amides is 2. The SMILES string of the molecule is COc1ccccc1C(=O)NC(C)(C)C(=O)N1CCCC1C#N. The monoisotopic (exact) mass is 315 g/mol. The molecule has 1 unspecified atom stereocenters. The predicted octanol–water partition coefficient (Wildman–Crippen LogP) is 1.72. The van der Waals surface area contributed by atoms with Gasteiger partial charge in [-0.3, -0.25) is 9.59 Å². The van der Waals surface area contributed by atoms with Crippen LogP contribution in [0.3, 0.4) is 0 Å². The Hall–Kier alpha value is -2.55. The van der Waals surface area contributed by atoms with Crippen molar-refractivity contribution in [3.8, 4) is 11.8 Å². The zero-order valence-electron chi connectivity index (χ0n) is 13.6. The first kappa shape index (κ1) is 16.8. The molecule has 1 N–H and O–H groups in total. The summed E-state index contributed by atoms with van der Waals surface area (Å²) in [6.45, 7) is 3.84. The molecule has 2 amide bonds. The van der Waals surface area contributed by atoms with Crippen molar-refractivity contribution in [1.82, 2.24) is 10.2 Å². The molecule has 1 atom stereocenters. The molecule has 1 aliphatic heterocycles. The highest BCUT2D eigenvalue weighted by atomic mass is 16.5. The van der Waals surface area contributed by atoms with Gasteiger partial charge in [-0.2, -0.15) is 5.26 Å². The van der Waals surface area contributed by atoms with Crippen LogP contribution in [0.25, 0.3) is 0 Å². The number of nitrogens with one attached hydrogen (secondary N) is 1. The van der Waals surface area contributed by atoms with E-state index in [0.717, 1.165) is 6.42 Å². The first-order valence-corrected chi connectivity index (χ1v) is 7.57. The van der Waals surface area contributed by atoms with E-state index < -0.39 is 11.6 Å². The van der Waals surface area contributed by atoms with Crippen LogP contribution in [0.15, 0.2) is 24.3 Å². The number of para-hydroxylation sites is 1. The topological polar surface area (TPSA) is 82.4 Å². The standard InChI is InChI=1S/C17H21N3O3/c1-17(2,16(22)20-10-6-7-12(20)11-18)19-15(21)13-8-4-5-9-14(13)23-3/h4-5,8-9,12H,6-7,10H2,1-3H3,(H,19,21). The van der Waals surface area contributed by atoms with Crippen molar-refractivity contribution in [3.63, 3.8) is 0 Å². The Bertz CT molecular complexity index is 649. The molecule has 1 aromatic carbocycles. The molecule has 1 aromatic rings. The fourth-order valence-electron chi connectivity index (χ4n) is 2.74. The number of rotatable bonds is 4. The molecule has 0 radical (unpaired) electrons. The average Bonchev–Trinajstić information content (AvgIpc) is 3.01. The van der Waals surface area contributed by atoms with Gasteiger partial charge >= 0.3 is 0 Å². The third-order valence-corrected chi connectivity index (χ3v) is 3.97. The smallest absolute Gasteiger partial charge is 0.255 e. The minimum Gasteiger partial charge on any atom is -0.496 e. The van der Waals surface area contributed by atoms with Crippen LogP contribution in [0.2, 0.25) is 0 Å². The lowest BCUT2D eigenvalue weighted by Crippen LogP contribution is -2.56. The average molecular weight is 315 g/mol. The molecule has 0 saturated carbocycles. The summed E-state index contributed by atoms with van der Waals surface area (Å²) < 4.78 is 5.18. The molecule has 6 nitrogen and oxygen atoms in total. The highest BCUT2D eigenvalue weighted by Gasteiger charge is 2.39. The summed E-state index contributed by atoms with van der Waals surface area (Å²) in [6, 6.07) is 8.57. The molecule has 1 fully saturated rings. The van der Waals surface area contributed by atoms with Gasteiger partial charge in [0, 0.05) is 6.54 Å². The maximum atomic E-state index is 12.7. The number of hydrogen-bond donors (Lipinski definition) is 1. The molecule has 1 saturated heterocycles. The zero-order chi connectivity index (χ0) is 17.0. The second kappa shape index (κ2) is 6.69. The number of nitrogens with zero attached hydrogens (tertiary/aromatic N) is 2. The van der Waals surface area contributed by atoms with Crippen molar-refractivity contribution in [2.75, 3.05) is 13.7 Å². The van der Waals surface area contributed by atoms with Crippen molar-refractivity contribution >= 4 is 11.8 Å². The largest absolute Gasteiger partial charge is 0.496 e. The van der Waals surface area contributed by atoms with Gasteiger partial charge in [0.1, 0.15) is 17.3 Å². The molecule has 0 aromatic heterocycles. The molecule has 6 heteroatoms. The molecule has 23 heavy (non-hydrogen) atoms. The van der Waals surface area contributed by atoms with E-state index in [4.69, 9.17) is 10.00 Å². The van der Waals surface area contributed by atoms with Crippen LogP contribution in [-0.4, -0.2) is 41.9 Å². The van der Waals surface area contributed by atoms with E-state index in [9.17, 15) is 9.59 Å². The molecule has 2 rings (SSSR count). The molecule has 0 bridgehead atoms. The van der Waals surface area contributed by atoms with Crippen LogP contribution in [0.4, 0.5) is 0 Å². The minimum atomic E-state index is -1.10. The normalized spacial score (nSPS) is 17.5. The third-order valence-electron chi connectivity index (χ3n) is 3.97. The number of likely N-dealkylation sites (tertiary alicyclic amines) is 1. The Morgan fingerprint density at radius 1 is 1.39 bits per heavy atom. The van der Waals surface area contributed by atoms with Crippen molar-refractivity contribution in [2.24, 2.45) is 0 Å². The second-order valence-electron chi connectivity index (χ2n) is 6.07. The van der Waals surface area contributed by atoms with Gasteiger partial charge in [-0.25, -0.2) is 0 Å². The number of carbonyl (C=O) groups is 2. The Kier molecular flexibility index (Phi) is 4.89. The van der Waals surface area contributed by atoms with E-state index in [0.29, 0.717) is 24.3 Å². The van der Waals surface area contributed by atoms with E-state index in [1.165, 1.54) is 7.11 Å². The molecule has 1 aliphatic rings. The molecule has 0 aliphatic carbocycles. The summed E-state index contributed by atoms with van der Waals surface area (Å²) in [5, 5.41) is 11.9. The van der Waals surface area contributed by atoms with Gasteiger partial charge in [0.05, 0.1) is 18.7 Å². The van der Waals surface area contributed by atoms with Gasteiger partial charge in [0.2, 0.25) is 5.91 Å². The lowest BCUT2D eigenvalue weighted by Gasteiger charge is -2.31. The van der Waals surface area contributed by atoms with Crippen molar-refractivity contribution < 1.29 is 14.3 Å². The molecule has 1 heterocycles. The lowest BCUT2D eigenvalue weighted by atomic mass is 10.0. The van der Waals surface area contributed by atoms with Gasteiger partial charge in [-0.1, -0.05) is 12.1 Å². The number of carbonyl (C=O) groups excluding carboxylic acids is 2. The summed E-state index contributed by atoms with van der Waals surface area (Å²) in [6.07, 6.45) is 1.49. The summed E-state index contributed by atoms with van der Waals surface area (Å²) in [5.41, 5.74) is -0.730. The van der Waals surface area contributed by atoms with E-state index in [-0.39, 0.29) is 11.8 Å². The number of nitriles is 1. The van der Waals surface area contributed by atoms with Crippen molar-refractivity contribution in [1.29, 1.82) is 5.26 Å². The second-order valence-corrected chi connectivity index (χ2v) is 6.07. The fourth-order valence-corrected chi connectivity index (χ4v) is 2.74. The van der Waals surface area contributed by atoms with Gasteiger partial charge in [-0.05, 0) is 38.8 Å². The molecule has 122 valence electrons. The van der Waals surface area contributed by atoms with Crippen molar-refractivity contribution in [3.05, 3.63) is 29.8 Å². The van der Waals surface area contributed by atoms with Crippen LogP contribution in [0, 0.1) is 11.3 Å². The lowest BCUT2D eigenvalue weighted by molar-refractivity contribution is -0.136. The number of benzene rings is 1. The number of ether oxygens (including phenoxy) is 1. The Morgan fingerprint density at radius 3 is 2.74 bits per heavy atom. The summed E-state index contributed by atoms with van der Waals surface area (Å²) in [5.74, 6) is -0.178. The van der Waals surface area contributed by atoms with Crippen LogP contribution < -0.4 is 10.1 Å². The highest BCUT2D eigenvalue weighted by molar-refractivity contribution is 6.00. The summed E-state index contributed by atoms with van der Waals surface area (Å²) >= 11 is 0. The third kappa shape index (κ3) is 3.45. The van der Waals surface area contributed by atoms with Gasteiger partial charge in [-0.15, -0.1) is 0 Å². The molecule has 0 spiro atoms. The minimum absolute atomic E-state index is 0.246. The highest BCUT2D eigenvalue weighted by Crippen LogP contribution is 2.22. The van der Waals surface area contributed by atoms with E-state index in [1.807, 2.05) is 0 Å². The Balaban J connectivity index is 2.15. The summed E-state index contributed by atoms with van der Waals surface area (Å²) in [7, 11) is 1.49. The Labute approximate surface area is 136 Å². The quantitative estimate of drug-likeness (QED) is 0.917. The fraction of sp³-hybridized carbons (Fsp3) is 0.471. The van der Waals surface area contributed by atoms with Crippen LogP contribution in [0.5, 0.6) is 5.75 Å². The van der Waals surface area contributed by atoms with Crippen LogP contribution >= 0.6 is 0 Å². The van der Waals surface area contributed by atoms with Gasteiger partial charge < -0.3 is 15.0 Å². The van der Waals surface area contributed by atoms with Crippen LogP contribution in [0.1, 0.15) is 37.0 Å². The van der Waals surface area contributed by atoms with Crippen molar-refractivity contribution in [2.45, 2.75) is 38.3 Å². The van der Waals surface area contributed by atoms with E-state index in [1.54, 1.807) is 43.0 Å². The predicted molar refractivity (Wildman–Crippen MR) is 84.9 cm³/mol. The number of methoxy groups -OCH3 is 1. The van der Waals surface area contributed by atoms with Gasteiger partial charge in [0.25, 0.3) is 5.91 Å². The first-order chi connectivity index (χ1) is 10.9. The van der Waals surface area contributed by atoms with E-state index in [2.05, 4.69) is 11.4 Å². The van der Waals surface area contributed by atoms with Crippen LogP contribution in [-0.2, 0) is 4.79 Å².